The van der Waals surface area contributed by atoms with Gasteiger partial charge in [0.2, 0.25) is 0 Å². The molecule has 0 saturated heterocycles. The smallest absolute Gasteiger partial charge is 0.306 e. The van der Waals surface area contributed by atoms with E-state index in [2.05, 4.69) is 63.3 Å². The number of ether oxygens (including phenoxy) is 3. The van der Waals surface area contributed by atoms with Gasteiger partial charge in [-0.2, -0.15) is 0 Å². The topological polar surface area (TPSA) is 78.9 Å². The molecule has 0 saturated carbocycles. The highest BCUT2D eigenvalue weighted by Gasteiger charge is 2.19. The van der Waals surface area contributed by atoms with Crippen molar-refractivity contribution in [1.82, 2.24) is 0 Å². The van der Waals surface area contributed by atoms with Crippen LogP contribution in [0.15, 0.2) is 97.2 Å². The second-order valence-electron chi connectivity index (χ2n) is 14.4. The molecule has 0 fully saturated rings. The Hall–Kier alpha value is -3.67. The fraction of sp³-hybridized carbons (Fsp3) is 0.620. The highest BCUT2D eigenvalue weighted by atomic mass is 16.6. The van der Waals surface area contributed by atoms with Crippen LogP contribution in [0.25, 0.3) is 0 Å². The summed E-state index contributed by atoms with van der Waals surface area (Å²) in [6.07, 6.45) is 56.9. The molecule has 0 heterocycles. The van der Waals surface area contributed by atoms with Crippen molar-refractivity contribution in [1.29, 1.82) is 0 Å². The SMILES string of the molecule is CC\C=C/C=C\C=C/C=C\C=C/CCCC(=O)OC(COC(=O)CCCCC/C=C\C=C/CCCC)COC(=O)CCCCC/C=C\CCCCCCCCC. The van der Waals surface area contributed by atoms with Crippen molar-refractivity contribution in [2.45, 2.75) is 187 Å². The van der Waals surface area contributed by atoms with Crippen molar-refractivity contribution in [3.05, 3.63) is 97.2 Å². The Morgan fingerprint density at radius 1 is 0.375 bits per heavy atom. The molecule has 0 aliphatic heterocycles. The van der Waals surface area contributed by atoms with E-state index in [0.717, 1.165) is 77.0 Å². The monoisotopic (exact) mass is 777 g/mol. The van der Waals surface area contributed by atoms with Gasteiger partial charge in [0.05, 0.1) is 0 Å². The molecule has 0 aromatic heterocycles. The molecule has 0 amide bonds. The summed E-state index contributed by atoms with van der Waals surface area (Å²) in [6, 6.07) is 0. The molecular formula is C50H80O6. The molecule has 1 unspecified atom stereocenters. The third-order valence-electron chi connectivity index (χ3n) is 8.95. The van der Waals surface area contributed by atoms with Crippen molar-refractivity contribution in [2.24, 2.45) is 0 Å². The van der Waals surface area contributed by atoms with Gasteiger partial charge in [-0.05, 0) is 77.0 Å². The van der Waals surface area contributed by atoms with Crippen LogP contribution in [-0.2, 0) is 28.6 Å². The number of hydrogen-bond acceptors (Lipinski definition) is 6. The number of unbranched alkanes of at least 4 members (excludes halogenated alkanes) is 16. The molecule has 0 rings (SSSR count). The number of rotatable bonds is 38. The number of esters is 3. The molecule has 0 aliphatic carbocycles. The maximum atomic E-state index is 12.7. The minimum absolute atomic E-state index is 0.124. The maximum absolute atomic E-state index is 12.7. The summed E-state index contributed by atoms with van der Waals surface area (Å²) in [7, 11) is 0. The molecule has 0 aliphatic rings. The largest absolute Gasteiger partial charge is 0.462 e. The maximum Gasteiger partial charge on any atom is 0.306 e. The second-order valence-corrected chi connectivity index (χ2v) is 14.4. The Kier molecular flexibility index (Phi) is 41.2. The highest BCUT2D eigenvalue weighted by Crippen LogP contribution is 2.11. The third-order valence-corrected chi connectivity index (χ3v) is 8.95. The first-order valence-corrected chi connectivity index (χ1v) is 22.3. The third kappa shape index (κ3) is 41.5. The van der Waals surface area contributed by atoms with E-state index < -0.39 is 12.1 Å². The van der Waals surface area contributed by atoms with Gasteiger partial charge in [0, 0.05) is 19.3 Å². The van der Waals surface area contributed by atoms with Crippen molar-refractivity contribution in [3.63, 3.8) is 0 Å². The Morgan fingerprint density at radius 2 is 0.750 bits per heavy atom. The van der Waals surface area contributed by atoms with Crippen molar-refractivity contribution in [3.8, 4) is 0 Å². The van der Waals surface area contributed by atoms with Gasteiger partial charge in [-0.3, -0.25) is 14.4 Å². The lowest BCUT2D eigenvalue weighted by molar-refractivity contribution is -0.167. The van der Waals surface area contributed by atoms with Gasteiger partial charge in [-0.25, -0.2) is 0 Å². The van der Waals surface area contributed by atoms with E-state index in [-0.39, 0.29) is 31.6 Å². The Bertz CT molecular complexity index is 1170. The summed E-state index contributed by atoms with van der Waals surface area (Å²) in [5.41, 5.74) is 0. The first-order chi connectivity index (χ1) is 27.5. The minimum atomic E-state index is -0.829. The van der Waals surface area contributed by atoms with E-state index in [1.807, 2.05) is 54.7 Å². The summed E-state index contributed by atoms with van der Waals surface area (Å²) >= 11 is 0. The van der Waals surface area contributed by atoms with E-state index in [1.165, 1.54) is 57.8 Å². The van der Waals surface area contributed by atoms with E-state index >= 15 is 0 Å². The fourth-order valence-electron chi connectivity index (χ4n) is 5.56. The molecule has 56 heavy (non-hydrogen) atoms. The summed E-state index contributed by atoms with van der Waals surface area (Å²) in [4.78, 5) is 37.7. The molecule has 0 aromatic carbocycles. The van der Waals surface area contributed by atoms with Crippen molar-refractivity contribution >= 4 is 17.9 Å². The van der Waals surface area contributed by atoms with Gasteiger partial charge in [0.15, 0.2) is 6.10 Å². The number of allylic oxidation sites excluding steroid dienone is 16. The van der Waals surface area contributed by atoms with Gasteiger partial charge in [0.1, 0.15) is 13.2 Å². The molecule has 316 valence electrons. The lowest BCUT2D eigenvalue weighted by atomic mass is 10.1. The first-order valence-electron chi connectivity index (χ1n) is 22.3. The molecule has 6 heteroatoms. The van der Waals surface area contributed by atoms with E-state index in [1.54, 1.807) is 0 Å². The Morgan fingerprint density at radius 3 is 1.27 bits per heavy atom. The van der Waals surface area contributed by atoms with E-state index in [0.29, 0.717) is 19.3 Å². The predicted octanol–water partition coefficient (Wildman–Crippen LogP) is 14.2. The summed E-state index contributed by atoms with van der Waals surface area (Å²) in [6.45, 7) is 6.30. The average molecular weight is 777 g/mol. The molecule has 0 N–H and O–H groups in total. The Labute approximate surface area is 343 Å². The van der Waals surface area contributed by atoms with Crippen LogP contribution in [-0.4, -0.2) is 37.2 Å². The quantitative estimate of drug-likeness (QED) is 0.0204. The molecule has 0 bridgehead atoms. The van der Waals surface area contributed by atoms with Gasteiger partial charge >= 0.3 is 17.9 Å². The fourth-order valence-corrected chi connectivity index (χ4v) is 5.56. The van der Waals surface area contributed by atoms with E-state index in [9.17, 15) is 14.4 Å². The second kappa shape index (κ2) is 44.0. The van der Waals surface area contributed by atoms with Crippen LogP contribution in [0.4, 0.5) is 0 Å². The molecule has 1 atom stereocenters. The number of carbonyl (C=O) groups is 3. The van der Waals surface area contributed by atoms with Gasteiger partial charge in [0.25, 0.3) is 0 Å². The standard InChI is InChI=1S/C50H80O6/c1-4-7-10-13-16-19-22-24-26-28-31-34-37-40-43-49(52)55-46-47(45-54-48(51)42-39-36-33-30-27-21-18-15-12-9-6-3)56-50(53)44-41-38-35-32-29-25-23-20-17-14-11-8-5-2/h8,11,14-15,17-18,20-21,23,25-29,32,35,47H,4-7,9-10,12-13,16,19,22,24,30-31,33-34,36-46H2,1-3H3/b11-8-,17-14-,18-15-,23-20-,27-21-,28-26-,29-25-,35-32-. The minimum Gasteiger partial charge on any atom is -0.462 e. The van der Waals surface area contributed by atoms with Gasteiger partial charge < -0.3 is 14.2 Å². The normalized spacial score (nSPS) is 13.0. The number of hydrogen-bond donors (Lipinski definition) is 0. The highest BCUT2D eigenvalue weighted by molar-refractivity contribution is 5.71. The zero-order valence-corrected chi connectivity index (χ0v) is 35.9. The van der Waals surface area contributed by atoms with Gasteiger partial charge in [-0.1, -0.05) is 182 Å². The molecule has 0 aromatic rings. The van der Waals surface area contributed by atoms with Crippen LogP contribution in [0.1, 0.15) is 181 Å². The molecule has 6 nitrogen and oxygen atoms in total. The summed E-state index contributed by atoms with van der Waals surface area (Å²) in [5.74, 6) is -1.05. The van der Waals surface area contributed by atoms with Crippen molar-refractivity contribution < 1.29 is 28.6 Å². The van der Waals surface area contributed by atoms with Crippen LogP contribution in [0, 0.1) is 0 Å². The number of carbonyl (C=O) groups excluding carboxylic acids is 3. The average Bonchev–Trinajstić information content (AvgIpc) is 3.19. The Balaban J connectivity index is 4.57. The lowest BCUT2D eigenvalue weighted by Gasteiger charge is -2.18. The lowest BCUT2D eigenvalue weighted by Crippen LogP contribution is -2.30. The van der Waals surface area contributed by atoms with Crippen LogP contribution in [0.2, 0.25) is 0 Å². The van der Waals surface area contributed by atoms with Crippen molar-refractivity contribution in [2.75, 3.05) is 13.2 Å². The zero-order valence-electron chi connectivity index (χ0n) is 35.9. The molecule has 0 radical (unpaired) electrons. The summed E-state index contributed by atoms with van der Waals surface area (Å²) < 4.78 is 16.6. The predicted molar refractivity (Wildman–Crippen MR) is 237 cm³/mol. The molecular weight excluding hydrogens is 697 g/mol. The van der Waals surface area contributed by atoms with Crippen LogP contribution < -0.4 is 0 Å². The van der Waals surface area contributed by atoms with Crippen LogP contribution in [0.3, 0.4) is 0 Å². The van der Waals surface area contributed by atoms with Crippen LogP contribution >= 0.6 is 0 Å². The van der Waals surface area contributed by atoms with E-state index in [4.69, 9.17) is 14.2 Å². The first kappa shape index (κ1) is 52.3. The summed E-state index contributed by atoms with van der Waals surface area (Å²) in [5, 5.41) is 0. The van der Waals surface area contributed by atoms with Crippen LogP contribution in [0.5, 0.6) is 0 Å². The van der Waals surface area contributed by atoms with Gasteiger partial charge in [-0.15, -0.1) is 0 Å². The zero-order chi connectivity index (χ0) is 40.8. The molecule has 0 spiro atoms.